The molecule has 8 aromatic carbocycles. The van der Waals surface area contributed by atoms with Crippen molar-refractivity contribution in [2.24, 2.45) is 0 Å². The molecule has 0 aliphatic carbocycles. The summed E-state index contributed by atoms with van der Waals surface area (Å²) < 4.78 is 3.74. The van der Waals surface area contributed by atoms with Gasteiger partial charge in [-0.1, -0.05) is 152 Å². The number of hydrogen-bond acceptors (Lipinski definition) is 1. The predicted octanol–water partition coefficient (Wildman–Crippen LogP) is 15.9. The minimum Gasteiger partial charge on any atom is -0.309 e. The van der Waals surface area contributed by atoms with Crippen LogP contribution in [0.15, 0.2) is 200 Å². The lowest BCUT2D eigenvalue weighted by Crippen LogP contribution is -1.94. The molecule has 2 heteroatoms. The van der Waals surface area contributed by atoms with Crippen molar-refractivity contribution in [3.05, 3.63) is 200 Å². The van der Waals surface area contributed by atoms with E-state index in [9.17, 15) is 0 Å². The van der Waals surface area contributed by atoms with E-state index < -0.39 is 0 Å². The molecule has 10 aromatic rings. The third-order valence-electron chi connectivity index (χ3n) is 10.8. The van der Waals surface area contributed by atoms with Gasteiger partial charge in [-0.05, 0) is 123 Å². The van der Waals surface area contributed by atoms with E-state index in [1.54, 1.807) is 0 Å². The number of fused-ring (bicyclic) bond motifs is 4. The normalized spacial score (nSPS) is 11.6. The minimum absolute atomic E-state index is 1.03. The van der Waals surface area contributed by atoms with Crippen molar-refractivity contribution in [1.82, 2.24) is 4.57 Å². The molecule has 0 saturated carbocycles. The molecule has 0 N–H and O–H groups in total. The second-order valence-corrected chi connectivity index (χ2v) is 15.4. The SMILES string of the molecule is C=CC(C(=C)/C=C\C)=C(C)C.c1cc(-c2ccc3ccc4c(-c5cc6ccccc6s5)ccc5ccc2c3c54)cc(-n2c3ccccc3c3ccccc32)c1. The Bertz CT molecular complexity index is 3070. The molecule has 2 heterocycles. The Morgan fingerprint density at radius 2 is 1.18 bits per heavy atom. The van der Waals surface area contributed by atoms with Crippen LogP contribution in [-0.2, 0) is 0 Å². The minimum atomic E-state index is 1.03. The van der Waals surface area contributed by atoms with Gasteiger partial charge in [-0.15, -0.1) is 11.3 Å². The molecule has 0 fully saturated rings. The van der Waals surface area contributed by atoms with Crippen LogP contribution < -0.4 is 0 Å². The number of para-hydroxylation sites is 2. The second-order valence-electron chi connectivity index (χ2n) is 14.4. The van der Waals surface area contributed by atoms with E-state index in [0.717, 1.165) is 11.1 Å². The molecule has 0 bridgehead atoms. The number of allylic oxidation sites excluding steroid dienone is 6. The van der Waals surface area contributed by atoms with Gasteiger partial charge in [0.05, 0.1) is 11.0 Å². The summed E-state index contributed by atoms with van der Waals surface area (Å²) in [7, 11) is 0. The summed E-state index contributed by atoms with van der Waals surface area (Å²) in [6.07, 6.45) is 5.82. The summed E-state index contributed by atoms with van der Waals surface area (Å²) >= 11 is 1.88. The zero-order valence-electron chi connectivity index (χ0n) is 31.4. The number of benzene rings is 8. The van der Waals surface area contributed by atoms with E-state index in [4.69, 9.17) is 0 Å². The summed E-state index contributed by atoms with van der Waals surface area (Å²) in [5, 5.41) is 11.8. The maximum absolute atomic E-state index is 3.92. The molecule has 55 heavy (non-hydrogen) atoms. The van der Waals surface area contributed by atoms with Gasteiger partial charge in [0, 0.05) is 26.0 Å². The topological polar surface area (TPSA) is 4.93 Å². The van der Waals surface area contributed by atoms with Gasteiger partial charge >= 0.3 is 0 Å². The zero-order valence-corrected chi connectivity index (χ0v) is 32.3. The number of hydrogen-bond donors (Lipinski definition) is 0. The summed E-state index contributed by atoms with van der Waals surface area (Å²) in [4.78, 5) is 1.32. The highest BCUT2D eigenvalue weighted by Crippen LogP contribution is 2.44. The molecule has 0 saturated heterocycles. The number of thiophene rings is 1. The van der Waals surface area contributed by atoms with Gasteiger partial charge in [0.25, 0.3) is 0 Å². The molecular formula is C53H41NS. The molecule has 0 aliphatic heterocycles. The largest absolute Gasteiger partial charge is 0.309 e. The predicted molar refractivity (Wildman–Crippen MR) is 243 cm³/mol. The van der Waals surface area contributed by atoms with Crippen molar-refractivity contribution in [2.45, 2.75) is 20.8 Å². The number of aromatic nitrogens is 1. The molecule has 2 aromatic heterocycles. The van der Waals surface area contributed by atoms with Crippen LogP contribution in [0.1, 0.15) is 20.8 Å². The Labute approximate surface area is 326 Å². The molecule has 264 valence electrons. The highest BCUT2D eigenvalue weighted by atomic mass is 32.1. The van der Waals surface area contributed by atoms with E-state index >= 15 is 0 Å². The van der Waals surface area contributed by atoms with Crippen molar-refractivity contribution in [1.29, 1.82) is 0 Å². The first-order chi connectivity index (χ1) is 26.9. The van der Waals surface area contributed by atoms with Crippen LogP contribution in [0.3, 0.4) is 0 Å². The fourth-order valence-corrected chi connectivity index (χ4v) is 9.44. The molecule has 0 radical (unpaired) electrons. The lowest BCUT2D eigenvalue weighted by molar-refractivity contribution is 1.18. The Morgan fingerprint density at radius 3 is 1.82 bits per heavy atom. The third-order valence-corrected chi connectivity index (χ3v) is 12.0. The van der Waals surface area contributed by atoms with Crippen LogP contribution in [-0.4, -0.2) is 4.57 Å². The van der Waals surface area contributed by atoms with Crippen molar-refractivity contribution in [3.8, 4) is 27.3 Å². The van der Waals surface area contributed by atoms with E-state index in [1.807, 2.05) is 36.5 Å². The van der Waals surface area contributed by atoms with Gasteiger partial charge in [-0.3, -0.25) is 0 Å². The lowest BCUT2D eigenvalue weighted by atomic mass is 9.88. The van der Waals surface area contributed by atoms with Crippen LogP contribution >= 0.6 is 11.3 Å². The first-order valence-electron chi connectivity index (χ1n) is 18.9. The Kier molecular flexibility index (Phi) is 8.77. The van der Waals surface area contributed by atoms with Crippen molar-refractivity contribution in [3.63, 3.8) is 0 Å². The van der Waals surface area contributed by atoms with Crippen LogP contribution in [0.25, 0.3) is 91.5 Å². The van der Waals surface area contributed by atoms with Crippen LogP contribution in [0.5, 0.6) is 0 Å². The monoisotopic (exact) mass is 723 g/mol. The average Bonchev–Trinajstić information content (AvgIpc) is 3.80. The maximum Gasteiger partial charge on any atom is 0.0541 e. The average molecular weight is 724 g/mol. The van der Waals surface area contributed by atoms with Crippen LogP contribution in [0.2, 0.25) is 0 Å². The quantitative estimate of drug-likeness (QED) is 0.119. The molecular weight excluding hydrogens is 683 g/mol. The summed E-state index contributed by atoms with van der Waals surface area (Å²) in [6, 6.07) is 56.0. The molecule has 10 rings (SSSR count). The smallest absolute Gasteiger partial charge is 0.0541 e. The highest BCUT2D eigenvalue weighted by molar-refractivity contribution is 7.22. The fourth-order valence-electron chi connectivity index (χ4n) is 8.34. The van der Waals surface area contributed by atoms with Gasteiger partial charge in [-0.2, -0.15) is 0 Å². The zero-order chi connectivity index (χ0) is 37.6. The summed E-state index contributed by atoms with van der Waals surface area (Å²) in [5.74, 6) is 0. The molecule has 1 nitrogen and oxygen atoms in total. The first-order valence-corrected chi connectivity index (χ1v) is 19.7. The van der Waals surface area contributed by atoms with Crippen LogP contribution in [0, 0.1) is 0 Å². The lowest BCUT2D eigenvalue weighted by Gasteiger charge is -2.16. The van der Waals surface area contributed by atoms with E-state index in [-0.39, 0.29) is 0 Å². The van der Waals surface area contributed by atoms with Crippen molar-refractivity contribution >= 4 is 75.5 Å². The fraction of sp³-hybridized carbons (Fsp3) is 0.0566. The van der Waals surface area contributed by atoms with Crippen LogP contribution in [0.4, 0.5) is 0 Å². The Balaban J connectivity index is 0.000000318. The van der Waals surface area contributed by atoms with Gasteiger partial charge < -0.3 is 4.57 Å². The summed E-state index contributed by atoms with van der Waals surface area (Å²) in [5.41, 5.74) is 10.9. The van der Waals surface area contributed by atoms with E-state index in [1.165, 1.54) is 97.0 Å². The standard InChI is InChI=1S/C42H25NS.C11H16/c1-6-15-39-29(8-1)25-40(44-39)34-21-17-27-18-22-35-31(20-16-26-19-23-36(34)42(27)41(26)35)28-9-7-10-30(24-28)43-37-13-4-2-11-32(37)33-12-3-5-14-38(33)43;1-6-8-10(5)11(7-2)9(3)4/h1-25H;6-8H,2,5H2,1,3-4H3/b;8-6-. The molecule has 0 aliphatic rings. The molecule has 0 amide bonds. The van der Waals surface area contributed by atoms with Gasteiger partial charge in [-0.25, -0.2) is 0 Å². The van der Waals surface area contributed by atoms with Gasteiger partial charge in [0.1, 0.15) is 0 Å². The summed E-state index contributed by atoms with van der Waals surface area (Å²) in [6.45, 7) is 13.8. The van der Waals surface area contributed by atoms with E-state index in [2.05, 4.69) is 183 Å². The van der Waals surface area contributed by atoms with Crippen molar-refractivity contribution in [2.75, 3.05) is 0 Å². The van der Waals surface area contributed by atoms with Crippen molar-refractivity contribution < 1.29 is 0 Å². The third kappa shape index (κ3) is 5.87. The number of rotatable bonds is 6. The molecule has 0 atom stereocenters. The molecule has 0 unspecified atom stereocenters. The maximum atomic E-state index is 3.92. The van der Waals surface area contributed by atoms with E-state index in [0.29, 0.717) is 0 Å². The van der Waals surface area contributed by atoms with Gasteiger partial charge in [0.15, 0.2) is 0 Å². The number of nitrogens with zero attached hydrogens (tertiary/aromatic N) is 1. The second kappa shape index (κ2) is 14.1. The first kappa shape index (κ1) is 34.3. The van der Waals surface area contributed by atoms with Gasteiger partial charge in [0.2, 0.25) is 0 Å². The Hall–Kier alpha value is -6.48. The highest BCUT2D eigenvalue weighted by Gasteiger charge is 2.17. The Morgan fingerprint density at radius 1 is 0.582 bits per heavy atom. The molecule has 0 spiro atoms.